The number of rotatable bonds is 9. The number of aryl methyl sites for hydroxylation is 1. The molecular formula is C25H28N2O3S. The van der Waals surface area contributed by atoms with E-state index in [0.717, 1.165) is 35.1 Å². The Labute approximate surface area is 184 Å². The SMILES string of the molecule is CCCCC(=O)NCc1ccc(-c2cccc(NS(=O)(=O)c3ccc(C)cc3)c2)cc1. The molecular weight excluding hydrogens is 408 g/mol. The topological polar surface area (TPSA) is 75.3 Å². The van der Waals surface area contributed by atoms with Crippen LogP contribution in [0.15, 0.2) is 77.7 Å². The van der Waals surface area contributed by atoms with E-state index >= 15 is 0 Å². The summed E-state index contributed by atoms with van der Waals surface area (Å²) in [6.45, 7) is 4.48. The molecule has 6 heteroatoms. The van der Waals surface area contributed by atoms with Gasteiger partial charge in [-0.2, -0.15) is 0 Å². The number of nitrogens with one attached hydrogen (secondary N) is 2. The molecule has 0 spiro atoms. The second kappa shape index (κ2) is 10.3. The number of benzene rings is 3. The molecule has 0 aliphatic heterocycles. The lowest BCUT2D eigenvalue weighted by Crippen LogP contribution is -2.22. The van der Waals surface area contributed by atoms with Gasteiger partial charge < -0.3 is 5.32 Å². The van der Waals surface area contributed by atoms with E-state index in [4.69, 9.17) is 0 Å². The Hall–Kier alpha value is -3.12. The number of anilines is 1. The minimum Gasteiger partial charge on any atom is -0.352 e. The Morgan fingerprint density at radius 1 is 0.903 bits per heavy atom. The molecule has 3 rings (SSSR count). The third-order valence-electron chi connectivity index (χ3n) is 4.98. The predicted molar refractivity (Wildman–Crippen MR) is 125 cm³/mol. The first-order valence-corrected chi connectivity index (χ1v) is 11.9. The van der Waals surface area contributed by atoms with Gasteiger partial charge in [0.25, 0.3) is 10.0 Å². The van der Waals surface area contributed by atoms with Gasteiger partial charge >= 0.3 is 0 Å². The van der Waals surface area contributed by atoms with Crippen molar-refractivity contribution in [1.29, 1.82) is 0 Å². The number of unbranched alkanes of at least 4 members (excludes halogenated alkanes) is 1. The summed E-state index contributed by atoms with van der Waals surface area (Å²) < 4.78 is 28.0. The summed E-state index contributed by atoms with van der Waals surface area (Å²) in [5.41, 5.74) is 4.40. The van der Waals surface area contributed by atoms with Crippen LogP contribution in [0, 0.1) is 6.92 Å². The van der Waals surface area contributed by atoms with Crippen molar-refractivity contribution in [3.05, 3.63) is 83.9 Å². The van der Waals surface area contributed by atoms with Crippen molar-refractivity contribution in [2.75, 3.05) is 4.72 Å². The van der Waals surface area contributed by atoms with Gasteiger partial charge in [-0.15, -0.1) is 0 Å². The van der Waals surface area contributed by atoms with Gasteiger partial charge in [-0.25, -0.2) is 8.42 Å². The first-order valence-electron chi connectivity index (χ1n) is 10.4. The number of carbonyl (C=O) groups excluding carboxylic acids is 1. The van der Waals surface area contributed by atoms with Gasteiger partial charge in [-0.05, 0) is 54.3 Å². The monoisotopic (exact) mass is 436 g/mol. The molecule has 0 aliphatic carbocycles. The van der Waals surface area contributed by atoms with E-state index in [0.29, 0.717) is 18.7 Å². The highest BCUT2D eigenvalue weighted by Crippen LogP contribution is 2.25. The van der Waals surface area contributed by atoms with Crippen LogP contribution >= 0.6 is 0 Å². The van der Waals surface area contributed by atoms with Crippen LogP contribution in [0.3, 0.4) is 0 Å². The van der Waals surface area contributed by atoms with Crippen LogP contribution in [0.5, 0.6) is 0 Å². The third kappa shape index (κ3) is 6.43. The molecule has 0 fully saturated rings. The van der Waals surface area contributed by atoms with Gasteiger partial charge in [0.05, 0.1) is 4.90 Å². The number of hydrogen-bond acceptors (Lipinski definition) is 3. The van der Waals surface area contributed by atoms with Crippen LogP contribution in [0.1, 0.15) is 37.3 Å². The molecule has 162 valence electrons. The van der Waals surface area contributed by atoms with E-state index in [9.17, 15) is 13.2 Å². The van der Waals surface area contributed by atoms with Crippen molar-refractivity contribution >= 4 is 21.6 Å². The maximum absolute atomic E-state index is 12.7. The number of amides is 1. The fourth-order valence-electron chi connectivity index (χ4n) is 3.14. The maximum atomic E-state index is 12.7. The molecule has 0 aromatic heterocycles. The molecule has 0 unspecified atom stereocenters. The van der Waals surface area contributed by atoms with E-state index in [2.05, 4.69) is 17.0 Å². The Kier molecular flexibility index (Phi) is 7.47. The standard InChI is InChI=1S/C25H28N2O3S/c1-3-4-8-25(28)26-18-20-11-13-21(14-12-20)22-6-5-7-23(17-22)27-31(29,30)24-15-9-19(2)10-16-24/h5-7,9-17,27H,3-4,8,18H2,1-2H3,(H,26,28). The summed E-state index contributed by atoms with van der Waals surface area (Å²) in [5, 5.41) is 2.93. The summed E-state index contributed by atoms with van der Waals surface area (Å²) in [5.74, 6) is 0.0690. The van der Waals surface area contributed by atoms with Crippen molar-refractivity contribution in [3.8, 4) is 11.1 Å². The second-order valence-corrected chi connectivity index (χ2v) is 9.26. The average Bonchev–Trinajstić information content (AvgIpc) is 2.77. The first-order chi connectivity index (χ1) is 14.9. The Morgan fingerprint density at radius 2 is 1.61 bits per heavy atom. The van der Waals surface area contributed by atoms with Crippen molar-refractivity contribution < 1.29 is 13.2 Å². The van der Waals surface area contributed by atoms with E-state index in [1.165, 1.54) is 0 Å². The average molecular weight is 437 g/mol. The van der Waals surface area contributed by atoms with Gasteiger partial charge in [0, 0.05) is 18.7 Å². The predicted octanol–water partition coefficient (Wildman–Crippen LogP) is 5.27. The fourth-order valence-corrected chi connectivity index (χ4v) is 4.18. The molecule has 0 radical (unpaired) electrons. The van der Waals surface area contributed by atoms with Crippen molar-refractivity contribution in [3.63, 3.8) is 0 Å². The number of sulfonamides is 1. The zero-order chi connectivity index (χ0) is 22.3. The molecule has 0 saturated carbocycles. The molecule has 3 aromatic carbocycles. The summed E-state index contributed by atoms with van der Waals surface area (Å²) in [7, 11) is -3.65. The highest BCUT2D eigenvalue weighted by Gasteiger charge is 2.14. The van der Waals surface area contributed by atoms with Crippen molar-refractivity contribution in [1.82, 2.24) is 5.32 Å². The number of hydrogen-bond donors (Lipinski definition) is 2. The Balaban J connectivity index is 1.68. The van der Waals surface area contributed by atoms with Crippen LogP contribution < -0.4 is 10.0 Å². The van der Waals surface area contributed by atoms with Crippen LogP contribution in [0.25, 0.3) is 11.1 Å². The highest BCUT2D eigenvalue weighted by atomic mass is 32.2. The third-order valence-corrected chi connectivity index (χ3v) is 6.38. The summed E-state index contributed by atoms with van der Waals surface area (Å²) in [6, 6.07) is 21.9. The molecule has 3 aromatic rings. The van der Waals surface area contributed by atoms with Crippen LogP contribution in [-0.2, 0) is 21.4 Å². The Bertz CT molecular complexity index is 1120. The van der Waals surface area contributed by atoms with E-state index in [-0.39, 0.29) is 10.8 Å². The van der Waals surface area contributed by atoms with Gasteiger partial charge in [-0.1, -0.05) is 67.4 Å². The number of carbonyl (C=O) groups is 1. The molecule has 0 aliphatic rings. The molecule has 5 nitrogen and oxygen atoms in total. The van der Waals surface area contributed by atoms with Crippen LogP contribution in [0.2, 0.25) is 0 Å². The first kappa shape index (κ1) is 22.6. The maximum Gasteiger partial charge on any atom is 0.261 e. The van der Waals surface area contributed by atoms with Crippen LogP contribution in [0.4, 0.5) is 5.69 Å². The summed E-state index contributed by atoms with van der Waals surface area (Å²) in [6.07, 6.45) is 2.46. The minimum atomic E-state index is -3.65. The molecule has 0 atom stereocenters. The summed E-state index contributed by atoms with van der Waals surface area (Å²) in [4.78, 5) is 12.0. The fraction of sp³-hybridized carbons (Fsp3) is 0.240. The van der Waals surface area contributed by atoms with E-state index < -0.39 is 10.0 Å². The second-order valence-electron chi connectivity index (χ2n) is 7.58. The lowest BCUT2D eigenvalue weighted by molar-refractivity contribution is -0.121. The lowest BCUT2D eigenvalue weighted by atomic mass is 10.0. The van der Waals surface area contributed by atoms with Gasteiger partial charge in [0.1, 0.15) is 0 Å². The largest absolute Gasteiger partial charge is 0.352 e. The zero-order valence-electron chi connectivity index (χ0n) is 17.9. The van der Waals surface area contributed by atoms with Gasteiger partial charge in [-0.3, -0.25) is 9.52 Å². The smallest absolute Gasteiger partial charge is 0.261 e. The summed E-state index contributed by atoms with van der Waals surface area (Å²) >= 11 is 0. The van der Waals surface area contributed by atoms with Crippen molar-refractivity contribution in [2.45, 2.75) is 44.6 Å². The quantitative estimate of drug-likeness (QED) is 0.480. The van der Waals surface area contributed by atoms with E-state index in [1.54, 1.807) is 30.3 Å². The normalized spacial score (nSPS) is 11.2. The zero-order valence-corrected chi connectivity index (χ0v) is 18.7. The van der Waals surface area contributed by atoms with Gasteiger partial charge in [0.15, 0.2) is 0 Å². The van der Waals surface area contributed by atoms with Gasteiger partial charge in [0.2, 0.25) is 5.91 Å². The van der Waals surface area contributed by atoms with E-state index in [1.807, 2.05) is 49.4 Å². The Morgan fingerprint density at radius 3 is 2.29 bits per heavy atom. The molecule has 2 N–H and O–H groups in total. The minimum absolute atomic E-state index is 0.0690. The van der Waals surface area contributed by atoms with Crippen LogP contribution in [-0.4, -0.2) is 14.3 Å². The highest BCUT2D eigenvalue weighted by molar-refractivity contribution is 7.92. The van der Waals surface area contributed by atoms with Crippen molar-refractivity contribution in [2.24, 2.45) is 0 Å². The molecule has 0 saturated heterocycles. The molecule has 0 heterocycles. The lowest BCUT2D eigenvalue weighted by Gasteiger charge is -2.11. The molecule has 1 amide bonds. The molecule has 31 heavy (non-hydrogen) atoms. The molecule has 0 bridgehead atoms.